The fraction of sp³-hybridized carbons (Fsp3) is 0.280. The van der Waals surface area contributed by atoms with E-state index < -0.39 is 0 Å². The van der Waals surface area contributed by atoms with Crippen molar-refractivity contribution in [1.29, 1.82) is 0 Å². The van der Waals surface area contributed by atoms with Crippen LogP contribution < -0.4 is 20.7 Å². The van der Waals surface area contributed by atoms with E-state index in [1.807, 2.05) is 74.5 Å². The third-order valence-electron chi connectivity index (χ3n) is 4.40. The molecule has 0 atom stereocenters. The zero-order valence-electron chi connectivity index (χ0n) is 19.1. The lowest BCUT2D eigenvalue weighted by Crippen LogP contribution is -2.32. The lowest BCUT2D eigenvalue weighted by molar-refractivity contribution is -0.114. The van der Waals surface area contributed by atoms with E-state index >= 15 is 0 Å². The van der Waals surface area contributed by atoms with Crippen LogP contribution in [0.15, 0.2) is 76.3 Å². The number of aliphatic imine (C=N–C) groups is 1. The number of rotatable bonds is 9. The van der Waals surface area contributed by atoms with E-state index in [0.717, 1.165) is 34.9 Å². The zero-order chi connectivity index (χ0) is 22.8. The zero-order valence-corrected chi connectivity index (χ0v) is 21.5. The third-order valence-corrected chi connectivity index (χ3v) is 4.40. The second-order valence-corrected chi connectivity index (χ2v) is 7.62. The summed E-state index contributed by atoms with van der Waals surface area (Å²) in [6.45, 7) is 6.62. The van der Waals surface area contributed by atoms with Gasteiger partial charge in [-0.2, -0.15) is 0 Å². The Morgan fingerprint density at radius 3 is 2.48 bits per heavy atom. The molecular weight excluding hydrogens is 531 g/mol. The Balaban J connectivity index is 0.00000385. The van der Waals surface area contributed by atoms with Gasteiger partial charge in [0.15, 0.2) is 5.96 Å². The van der Waals surface area contributed by atoms with E-state index in [0.29, 0.717) is 19.0 Å². The molecule has 0 unspecified atom stereocenters. The van der Waals surface area contributed by atoms with Gasteiger partial charge in [-0.15, -0.1) is 24.0 Å². The molecule has 0 radical (unpaired) electrons. The van der Waals surface area contributed by atoms with Crippen molar-refractivity contribution in [3.05, 3.63) is 78.3 Å². The van der Waals surface area contributed by atoms with Crippen molar-refractivity contribution in [3.8, 4) is 5.75 Å². The minimum Gasteiger partial charge on any atom is -0.491 e. The van der Waals surface area contributed by atoms with E-state index in [4.69, 9.17) is 14.1 Å². The monoisotopic (exact) mass is 562 g/mol. The lowest BCUT2D eigenvalue weighted by atomic mass is 10.2. The summed E-state index contributed by atoms with van der Waals surface area (Å²) < 4.78 is 11.1. The SMILES string of the molecule is CC(=O)Nc1cccc(CN=C(NCCc2ccco2)Nc2ccc(OC(C)C)cc2)c1.I. The van der Waals surface area contributed by atoms with Crippen molar-refractivity contribution in [2.45, 2.75) is 39.8 Å². The Hall–Kier alpha value is -3.01. The van der Waals surface area contributed by atoms with Crippen LogP contribution in [0, 0.1) is 0 Å². The van der Waals surface area contributed by atoms with Crippen LogP contribution in [0.5, 0.6) is 5.75 Å². The first kappa shape index (κ1) is 26.2. The van der Waals surface area contributed by atoms with E-state index in [1.165, 1.54) is 6.92 Å². The molecule has 3 N–H and O–H groups in total. The predicted octanol–water partition coefficient (Wildman–Crippen LogP) is 5.44. The third kappa shape index (κ3) is 9.56. The molecule has 3 rings (SSSR count). The Kier molecular flexibility index (Phi) is 10.8. The van der Waals surface area contributed by atoms with E-state index in [9.17, 15) is 4.79 Å². The second-order valence-electron chi connectivity index (χ2n) is 7.62. The molecule has 0 fully saturated rings. The van der Waals surface area contributed by atoms with Gasteiger partial charge in [-0.1, -0.05) is 12.1 Å². The van der Waals surface area contributed by atoms with Crippen molar-refractivity contribution in [2.24, 2.45) is 4.99 Å². The largest absolute Gasteiger partial charge is 0.491 e. The summed E-state index contributed by atoms with van der Waals surface area (Å²) in [5, 5.41) is 9.49. The van der Waals surface area contributed by atoms with Gasteiger partial charge in [0, 0.05) is 31.3 Å². The normalized spacial score (nSPS) is 11.0. The maximum atomic E-state index is 11.3. The summed E-state index contributed by atoms with van der Waals surface area (Å²) in [7, 11) is 0. The van der Waals surface area contributed by atoms with E-state index in [-0.39, 0.29) is 36.0 Å². The number of anilines is 2. The van der Waals surface area contributed by atoms with Crippen molar-refractivity contribution in [2.75, 3.05) is 17.2 Å². The molecule has 0 bridgehead atoms. The van der Waals surface area contributed by atoms with Gasteiger partial charge in [0.05, 0.1) is 18.9 Å². The Labute approximate surface area is 212 Å². The molecule has 0 aliphatic heterocycles. The molecule has 7 nitrogen and oxygen atoms in total. The average molecular weight is 562 g/mol. The Bertz CT molecular complexity index is 1020. The molecule has 33 heavy (non-hydrogen) atoms. The van der Waals surface area contributed by atoms with Crippen LogP contribution >= 0.6 is 24.0 Å². The Morgan fingerprint density at radius 1 is 1.03 bits per heavy atom. The number of nitrogens with zero attached hydrogens (tertiary/aromatic N) is 1. The van der Waals surface area contributed by atoms with Gasteiger partial charge >= 0.3 is 0 Å². The highest BCUT2D eigenvalue weighted by atomic mass is 127. The number of carbonyl (C=O) groups is 1. The van der Waals surface area contributed by atoms with Gasteiger partial charge in [-0.3, -0.25) is 4.79 Å². The van der Waals surface area contributed by atoms with E-state index in [1.54, 1.807) is 6.26 Å². The number of benzene rings is 2. The number of hydrogen-bond donors (Lipinski definition) is 3. The van der Waals surface area contributed by atoms with Crippen LogP contribution in [0.4, 0.5) is 11.4 Å². The standard InChI is InChI=1S/C25H30N4O3.HI/c1-18(2)32-24-11-9-21(10-12-24)29-25(26-14-13-23-8-5-15-31-23)27-17-20-6-4-7-22(16-20)28-19(3)30;/h4-12,15-16,18H,13-14,17H2,1-3H3,(H,28,30)(H2,26,27,29);1H. The molecule has 1 aromatic heterocycles. The fourth-order valence-electron chi connectivity index (χ4n) is 3.05. The molecule has 1 heterocycles. The summed E-state index contributed by atoms with van der Waals surface area (Å²) in [4.78, 5) is 16.0. The number of amides is 1. The number of hydrogen-bond acceptors (Lipinski definition) is 4. The van der Waals surface area contributed by atoms with Gasteiger partial charge in [0.2, 0.25) is 5.91 Å². The van der Waals surface area contributed by atoms with Crippen LogP contribution in [-0.2, 0) is 17.8 Å². The number of ether oxygens (including phenoxy) is 1. The van der Waals surface area contributed by atoms with Crippen LogP contribution in [0.2, 0.25) is 0 Å². The summed E-state index contributed by atoms with van der Waals surface area (Å²) in [6, 6.07) is 19.3. The van der Waals surface area contributed by atoms with Crippen LogP contribution in [0.25, 0.3) is 0 Å². The molecule has 0 saturated carbocycles. The van der Waals surface area contributed by atoms with Gasteiger partial charge < -0.3 is 25.1 Å². The first-order valence-electron chi connectivity index (χ1n) is 10.7. The second kappa shape index (κ2) is 13.5. The van der Waals surface area contributed by atoms with Crippen LogP contribution in [0.3, 0.4) is 0 Å². The summed E-state index contributed by atoms with van der Waals surface area (Å²) in [6.07, 6.45) is 2.54. The van der Waals surface area contributed by atoms with Gasteiger partial charge in [-0.25, -0.2) is 4.99 Å². The van der Waals surface area contributed by atoms with Gasteiger partial charge in [0.25, 0.3) is 0 Å². The maximum absolute atomic E-state index is 11.3. The molecule has 176 valence electrons. The molecule has 3 aromatic rings. The summed E-state index contributed by atoms with van der Waals surface area (Å²) in [5.74, 6) is 2.29. The first-order chi connectivity index (χ1) is 15.5. The molecule has 2 aromatic carbocycles. The fourth-order valence-corrected chi connectivity index (χ4v) is 3.05. The molecule has 0 aliphatic carbocycles. The van der Waals surface area contributed by atoms with Gasteiger partial charge in [0.1, 0.15) is 11.5 Å². The number of furan rings is 1. The molecule has 1 amide bonds. The number of halogens is 1. The summed E-state index contributed by atoms with van der Waals surface area (Å²) >= 11 is 0. The first-order valence-corrected chi connectivity index (χ1v) is 10.7. The van der Waals surface area contributed by atoms with E-state index in [2.05, 4.69) is 16.0 Å². The highest BCUT2D eigenvalue weighted by molar-refractivity contribution is 14.0. The lowest BCUT2D eigenvalue weighted by Gasteiger charge is -2.14. The van der Waals surface area contributed by atoms with Crippen molar-refractivity contribution >= 4 is 47.2 Å². The predicted molar refractivity (Wildman–Crippen MR) is 144 cm³/mol. The van der Waals surface area contributed by atoms with Gasteiger partial charge in [-0.05, 0) is 67.9 Å². The quantitative estimate of drug-likeness (QED) is 0.184. The smallest absolute Gasteiger partial charge is 0.221 e. The van der Waals surface area contributed by atoms with Crippen molar-refractivity contribution < 1.29 is 13.9 Å². The topological polar surface area (TPSA) is 87.9 Å². The minimum absolute atomic E-state index is 0. The highest BCUT2D eigenvalue weighted by Gasteiger charge is 2.04. The summed E-state index contributed by atoms with van der Waals surface area (Å²) in [5.41, 5.74) is 2.65. The molecule has 0 saturated heterocycles. The van der Waals surface area contributed by atoms with Crippen LogP contribution in [0.1, 0.15) is 32.1 Å². The number of guanidine groups is 1. The Morgan fingerprint density at radius 2 is 1.82 bits per heavy atom. The van der Waals surface area contributed by atoms with Crippen molar-refractivity contribution in [3.63, 3.8) is 0 Å². The molecular formula is C25H31IN4O3. The van der Waals surface area contributed by atoms with Crippen molar-refractivity contribution in [1.82, 2.24) is 5.32 Å². The minimum atomic E-state index is -0.0995. The number of nitrogens with one attached hydrogen (secondary N) is 3. The molecule has 0 aliphatic rings. The maximum Gasteiger partial charge on any atom is 0.221 e. The van der Waals surface area contributed by atoms with Crippen LogP contribution in [-0.4, -0.2) is 24.5 Å². The molecule has 0 spiro atoms. The number of carbonyl (C=O) groups excluding carboxylic acids is 1. The highest BCUT2D eigenvalue weighted by Crippen LogP contribution is 2.17. The molecule has 8 heteroatoms. The average Bonchev–Trinajstić information content (AvgIpc) is 3.26.